The fourth-order valence-corrected chi connectivity index (χ4v) is 5.10. The maximum atomic E-state index is 5.49. The Hall–Kier alpha value is 0.230. The molecule has 5 nitrogen and oxygen atoms in total. The summed E-state index contributed by atoms with van der Waals surface area (Å²) < 4.78 is 18.8. The lowest BCUT2D eigenvalue weighted by Crippen LogP contribution is -2.45. The number of hydrogen-bond acceptors (Lipinski definition) is 5. The smallest absolute Gasteiger partial charge is 0.120 e. The first-order valence-electron chi connectivity index (χ1n) is 7.07. The second kappa shape index (κ2) is 7.73. The number of nitrogens with zero attached hydrogens (tertiary/aromatic N) is 3. The molecular formula is C12H26N3O2P. The summed E-state index contributed by atoms with van der Waals surface area (Å²) in [5.74, 6) is 0. The molecule has 18 heavy (non-hydrogen) atoms. The molecular weight excluding hydrogens is 249 g/mol. The van der Waals surface area contributed by atoms with Crippen LogP contribution >= 0.6 is 8.37 Å². The van der Waals surface area contributed by atoms with Gasteiger partial charge < -0.3 is 9.47 Å². The first-order chi connectivity index (χ1) is 8.86. The normalized spacial score (nSPS) is 24.0. The van der Waals surface area contributed by atoms with E-state index in [4.69, 9.17) is 9.47 Å². The third-order valence-corrected chi connectivity index (χ3v) is 6.35. The Kier molecular flexibility index (Phi) is 6.29. The van der Waals surface area contributed by atoms with Gasteiger partial charge in [-0.1, -0.05) is 13.8 Å². The topological polar surface area (TPSA) is 28.2 Å². The van der Waals surface area contributed by atoms with Crippen molar-refractivity contribution in [3.63, 3.8) is 0 Å². The van der Waals surface area contributed by atoms with Gasteiger partial charge in [0.05, 0.1) is 26.4 Å². The van der Waals surface area contributed by atoms with Crippen LogP contribution in [0.4, 0.5) is 0 Å². The van der Waals surface area contributed by atoms with Crippen molar-refractivity contribution in [1.29, 1.82) is 0 Å². The van der Waals surface area contributed by atoms with E-state index < -0.39 is 0 Å². The SMILES string of the molecule is CCN(CC)P(N1CCOCC1)N1CCOCC1. The molecule has 0 bridgehead atoms. The molecule has 0 spiro atoms. The molecule has 0 aromatic rings. The molecule has 0 unspecified atom stereocenters. The lowest BCUT2D eigenvalue weighted by Gasteiger charge is -2.46. The van der Waals surface area contributed by atoms with Crippen molar-refractivity contribution < 1.29 is 9.47 Å². The Balaban J connectivity index is 2.04. The van der Waals surface area contributed by atoms with Crippen molar-refractivity contribution in [2.45, 2.75) is 13.8 Å². The van der Waals surface area contributed by atoms with Gasteiger partial charge in [-0.05, 0) is 0 Å². The molecule has 2 rings (SSSR count). The van der Waals surface area contributed by atoms with Crippen LogP contribution in [0, 0.1) is 0 Å². The molecule has 0 N–H and O–H groups in total. The zero-order valence-electron chi connectivity index (χ0n) is 11.7. The van der Waals surface area contributed by atoms with Gasteiger partial charge in [-0.15, -0.1) is 0 Å². The van der Waals surface area contributed by atoms with Gasteiger partial charge in [0.1, 0.15) is 8.37 Å². The summed E-state index contributed by atoms with van der Waals surface area (Å²) in [6, 6.07) is 0. The molecule has 6 heteroatoms. The van der Waals surface area contributed by atoms with Gasteiger partial charge >= 0.3 is 0 Å². The lowest BCUT2D eigenvalue weighted by molar-refractivity contribution is 0.0537. The van der Waals surface area contributed by atoms with E-state index in [1.165, 1.54) is 0 Å². The number of morpholine rings is 2. The Morgan fingerprint density at radius 3 is 1.56 bits per heavy atom. The quantitative estimate of drug-likeness (QED) is 0.704. The minimum absolute atomic E-state index is 0.321. The molecule has 0 atom stereocenters. The first kappa shape index (κ1) is 14.6. The summed E-state index contributed by atoms with van der Waals surface area (Å²) in [6.45, 7) is 14.6. The fourth-order valence-electron chi connectivity index (χ4n) is 2.48. The highest BCUT2D eigenvalue weighted by Gasteiger charge is 2.32. The van der Waals surface area contributed by atoms with E-state index in [0.29, 0.717) is 0 Å². The van der Waals surface area contributed by atoms with Crippen molar-refractivity contribution in [3.05, 3.63) is 0 Å². The Labute approximate surface area is 112 Å². The van der Waals surface area contributed by atoms with Crippen LogP contribution in [0.2, 0.25) is 0 Å². The Morgan fingerprint density at radius 1 is 0.833 bits per heavy atom. The summed E-state index contributed by atoms with van der Waals surface area (Å²) >= 11 is 0. The number of ether oxygens (including phenoxy) is 2. The van der Waals surface area contributed by atoms with Crippen LogP contribution in [-0.4, -0.2) is 79.7 Å². The molecule has 0 aromatic carbocycles. The highest BCUT2D eigenvalue weighted by atomic mass is 31.2. The summed E-state index contributed by atoms with van der Waals surface area (Å²) in [4.78, 5) is 0. The average Bonchev–Trinajstić information content (AvgIpc) is 2.46. The van der Waals surface area contributed by atoms with Gasteiger partial charge in [-0.3, -0.25) is 14.0 Å². The molecule has 2 fully saturated rings. The predicted octanol–water partition coefficient (Wildman–Crippen LogP) is 1.22. The molecule has 0 aliphatic carbocycles. The molecule has 106 valence electrons. The van der Waals surface area contributed by atoms with Gasteiger partial charge in [0.25, 0.3) is 0 Å². The van der Waals surface area contributed by atoms with E-state index >= 15 is 0 Å². The monoisotopic (exact) mass is 275 g/mol. The number of rotatable bonds is 5. The molecule has 0 saturated carbocycles. The summed E-state index contributed by atoms with van der Waals surface area (Å²) in [7, 11) is -0.321. The van der Waals surface area contributed by atoms with Crippen LogP contribution in [0.25, 0.3) is 0 Å². The minimum atomic E-state index is -0.321. The van der Waals surface area contributed by atoms with Gasteiger partial charge in [-0.25, -0.2) is 0 Å². The zero-order chi connectivity index (χ0) is 12.8. The highest BCUT2D eigenvalue weighted by Crippen LogP contribution is 2.48. The molecule has 0 aromatic heterocycles. The lowest BCUT2D eigenvalue weighted by atomic mass is 10.5. The Bertz CT molecular complexity index is 211. The fraction of sp³-hybridized carbons (Fsp3) is 1.00. The van der Waals surface area contributed by atoms with E-state index in [2.05, 4.69) is 27.9 Å². The van der Waals surface area contributed by atoms with E-state index in [1.807, 2.05) is 0 Å². The molecule has 0 radical (unpaired) electrons. The van der Waals surface area contributed by atoms with E-state index in [1.54, 1.807) is 0 Å². The molecule has 2 saturated heterocycles. The van der Waals surface area contributed by atoms with Crippen molar-refractivity contribution in [1.82, 2.24) is 14.0 Å². The van der Waals surface area contributed by atoms with E-state index in [9.17, 15) is 0 Å². The summed E-state index contributed by atoms with van der Waals surface area (Å²) in [5.41, 5.74) is 0. The van der Waals surface area contributed by atoms with Crippen LogP contribution in [0.5, 0.6) is 0 Å². The van der Waals surface area contributed by atoms with Crippen molar-refractivity contribution in [2.24, 2.45) is 0 Å². The van der Waals surface area contributed by atoms with Gasteiger partial charge in [0.15, 0.2) is 0 Å². The first-order valence-corrected chi connectivity index (χ1v) is 8.27. The summed E-state index contributed by atoms with van der Waals surface area (Å²) in [5, 5.41) is 0. The largest absolute Gasteiger partial charge is 0.379 e. The minimum Gasteiger partial charge on any atom is -0.379 e. The maximum absolute atomic E-state index is 5.49. The van der Waals surface area contributed by atoms with Crippen LogP contribution < -0.4 is 0 Å². The van der Waals surface area contributed by atoms with Gasteiger partial charge in [-0.2, -0.15) is 0 Å². The molecule has 2 heterocycles. The van der Waals surface area contributed by atoms with Crippen LogP contribution in [0.3, 0.4) is 0 Å². The van der Waals surface area contributed by atoms with Crippen LogP contribution in [0.15, 0.2) is 0 Å². The van der Waals surface area contributed by atoms with Crippen molar-refractivity contribution in [3.8, 4) is 0 Å². The van der Waals surface area contributed by atoms with E-state index in [-0.39, 0.29) is 8.37 Å². The standard InChI is InChI=1S/C12H26N3O2P/c1-3-13(4-2)18(14-5-9-16-10-6-14)15-7-11-17-12-8-15/h3-12H2,1-2H3. The maximum Gasteiger partial charge on any atom is 0.120 e. The second-order valence-electron chi connectivity index (χ2n) is 4.54. The number of hydrogen-bond donors (Lipinski definition) is 0. The third-order valence-electron chi connectivity index (χ3n) is 3.46. The highest BCUT2D eigenvalue weighted by molar-refractivity contribution is 7.50. The third kappa shape index (κ3) is 3.62. The van der Waals surface area contributed by atoms with Crippen LogP contribution in [0.1, 0.15) is 13.8 Å². The Morgan fingerprint density at radius 2 is 1.22 bits per heavy atom. The van der Waals surface area contributed by atoms with Crippen molar-refractivity contribution in [2.75, 3.05) is 65.7 Å². The zero-order valence-corrected chi connectivity index (χ0v) is 12.6. The molecule has 2 aliphatic rings. The predicted molar refractivity (Wildman–Crippen MR) is 74.6 cm³/mol. The van der Waals surface area contributed by atoms with Crippen molar-refractivity contribution >= 4 is 8.37 Å². The average molecular weight is 275 g/mol. The summed E-state index contributed by atoms with van der Waals surface area (Å²) in [6.07, 6.45) is 0. The second-order valence-corrected chi connectivity index (χ2v) is 6.77. The molecule has 2 aliphatic heterocycles. The van der Waals surface area contributed by atoms with Crippen LogP contribution in [-0.2, 0) is 9.47 Å². The van der Waals surface area contributed by atoms with Gasteiger partial charge in [0.2, 0.25) is 0 Å². The van der Waals surface area contributed by atoms with E-state index in [0.717, 1.165) is 65.7 Å². The molecule has 0 amide bonds. The van der Waals surface area contributed by atoms with Gasteiger partial charge in [0, 0.05) is 39.3 Å².